The molecular formula is C42H40N12O4. The third-order valence-corrected chi connectivity index (χ3v) is 9.47. The van der Waals surface area contributed by atoms with Crippen molar-refractivity contribution in [3.05, 3.63) is 166 Å². The van der Waals surface area contributed by atoms with Crippen LogP contribution in [0, 0.1) is 0 Å². The van der Waals surface area contributed by atoms with Gasteiger partial charge in [0.25, 0.3) is 0 Å². The number of hydrogen-bond donors (Lipinski definition) is 2. The van der Waals surface area contributed by atoms with Gasteiger partial charge in [-0.25, -0.2) is 29.3 Å². The Morgan fingerprint density at radius 2 is 0.966 bits per heavy atom. The molecule has 8 rings (SSSR count). The molecule has 0 bridgehead atoms. The first-order chi connectivity index (χ1) is 28.1. The summed E-state index contributed by atoms with van der Waals surface area (Å²) in [4.78, 5) is 41.7. The minimum atomic E-state index is -0.228. The zero-order valence-corrected chi connectivity index (χ0v) is 32.2. The molecule has 2 unspecified atom stereocenters. The smallest absolute Gasteiger partial charge is 0.203 e. The Kier molecular flexibility index (Phi) is 11.3. The van der Waals surface area contributed by atoms with Gasteiger partial charge in [0.1, 0.15) is 22.8 Å². The number of benzene rings is 2. The summed E-state index contributed by atoms with van der Waals surface area (Å²) in [5.74, 6) is 0.573. The highest BCUT2D eigenvalue weighted by Crippen LogP contribution is 2.27. The SMILES string of the molecule is CCn1cc(-n2ccc(=O)c(C(C)c3cccc(-c4ncc(O)cn4)c3)n2)cn1.CCn1cc(-n2ccc(=O)c(C(C)c3cccc(-c4ncc(O)cn4)c3)n2)cn1. The van der Waals surface area contributed by atoms with Crippen molar-refractivity contribution in [2.45, 2.75) is 52.6 Å². The summed E-state index contributed by atoms with van der Waals surface area (Å²) in [6.07, 6.45) is 15.9. The van der Waals surface area contributed by atoms with E-state index in [4.69, 9.17) is 0 Å². The molecule has 0 aliphatic carbocycles. The van der Waals surface area contributed by atoms with E-state index in [1.807, 2.05) is 88.6 Å². The lowest BCUT2D eigenvalue weighted by Crippen LogP contribution is -2.18. The Morgan fingerprint density at radius 1 is 0.569 bits per heavy atom. The van der Waals surface area contributed by atoms with Gasteiger partial charge in [0.2, 0.25) is 10.9 Å². The second kappa shape index (κ2) is 17.0. The monoisotopic (exact) mass is 776 g/mol. The van der Waals surface area contributed by atoms with E-state index in [1.165, 1.54) is 36.9 Å². The van der Waals surface area contributed by atoms with Crippen LogP contribution < -0.4 is 10.9 Å². The largest absolute Gasteiger partial charge is 0.505 e. The number of aromatic hydroxyl groups is 2. The van der Waals surface area contributed by atoms with Crippen LogP contribution in [0.15, 0.2) is 132 Å². The van der Waals surface area contributed by atoms with Crippen molar-refractivity contribution in [1.82, 2.24) is 59.1 Å². The zero-order chi connectivity index (χ0) is 40.8. The Hall–Kier alpha value is -7.62. The van der Waals surface area contributed by atoms with Gasteiger partial charge in [-0.05, 0) is 37.1 Å². The fourth-order valence-electron chi connectivity index (χ4n) is 6.17. The molecule has 0 saturated carbocycles. The van der Waals surface area contributed by atoms with E-state index in [1.54, 1.807) is 43.5 Å². The second-order valence-corrected chi connectivity index (χ2v) is 13.4. The summed E-state index contributed by atoms with van der Waals surface area (Å²) in [5.41, 5.74) is 5.69. The maximum atomic E-state index is 12.5. The van der Waals surface area contributed by atoms with E-state index in [0.717, 1.165) is 46.7 Å². The van der Waals surface area contributed by atoms with Crippen LogP contribution in [0.25, 0.3) is 34.2 Å². The molecule has 0 amide bonds. The minimum absolute atomic E-state index is 0.0127. The molecule has 2 atom stereocenters. The zero-order valence-electron chi connectivity index (χ0n) is 32.2. The van der Waals surface area contributed by atoms with Crippen molar-refractivity contribution < 1.29 is 10.2 Å². The number of aryl methyl sites for hydroxylation is 2. The van der Waals surface area contributed by atoms with Gasteiger partial charge < -0.3 is 10.2 Å². The molecule has 0 aliphatic heterocycles. The summed E-state index contributed by atoms with van der Waals surface area (Å²) >= 11 is 0. The molecule has 16 nitrogen and oxygen atoms in total. The molecule has 0 saturated heterocycles. The molecule has 58 heavy (non-hydrogen) atoms. The Morgan fingerprint density at radius 3 is 1.33 bits per heavy atom. The van der Waals surface area contributed by atoms with Gasteiger partial charge in [-0.15, -0.1) is 0 Å². The molecule has 2 aromatic carbocycles. The Balaban J connectivity index is 0.000000177. The van der Waals surface area contributed by atoms with E-state index < -0.39 is 0 Å². The predicted molar refractivity (Wildman–Crippen MR) is 216 cm³/mol. The maximum Gasteiger partial charge on any atom is 0.203 e. The van der Waals surface area contributed by atoms with Crippen LogP contribution in [0.1, 0.15) is 62.0 Å². The van der Waals surface area contributed by atoms with Crippen molar-refractivity contribution >= 4 is 0 Å². The van der Waals surface area contributed by atoms with E-state index in [9.17, 15) is 19.8 Å². The second-order valence-electron chi connectivity index (χ2n) is 13.4. The standard InChI is InChI=1S/2C21H20N6O2/c2*1-3-26-13-17(10-24-26)27-8-7-19(29)20(25-27)14(2)15-5-4-6-16(9-15)21-22-11-18(28)12-23-21/h2*4-14,28H,3H2,1-2H3. The van der Waals surface area contributed by atoms with Crippen LogP contribution in [0.5, 0.6) is 11.5 Å². The molecule has 0 fully saturated rings. The summed E-state index contributed by atoms with van der Waals surface area (Å²) < 4.78 is 6.94. The number of nitrogens with zero attached hydrogens (tertiary/aromatic N) is 12. The Labute approximate surface area is 332 Å². The number of rotatable bonds is 10. The van der Waals surface area contributed by atoms with Crippen LogP contribution >= 0.6 is 0 Å². The third-order valence-electron chi connectivity index (χ3n) is 9.47. The van der Waals surface area contributed by atoms with Crippen molar-refractivity contribution in [3.63, 3.8) is 0 Å². The molecule has 8 aromatic rings. The van der Waals surface area contributed by atoms with Crippen LogP contribution in [0.2, 0.25) is 0 Å². The van der Waals surface area contributed by atoms with Gasteiger partial charge in [-0.2, -0.15) is 20.4 Å². The molecular weight excluding hydrogens is 737 g/mol. The van der Waals surface area contributed by atoms with Gasteiger partial charge in [-0.1, -0.05) is 50.2 Å². The van der Waals surface area contributed by atoms with E-state index in [0.29, 0.717) is 23.0 Å². The lowest BCUT2D eigenvalue weighted by Gasteiger charge is -2.13. The van der Waals surface area contributed by atoms with Gasteiger partial charge in [0, 0.05) is 60.6 Å². The highest BCUT2D eigenvalue weighted by Gasteiger charge is 2.18. The summed E-state index contributed by atoms with van der Waals surface area (Å²) in [7, 11) is 0. The molecule has 0 radical (unpaired) electrons. The van der Waals surface area contributed by atoms with E-state index >= 15 is 0 Å². The molecule has 16 heteroatoms. The van der Waals surface area contributed by atoms with Crippen molar-refractivity contribution in [1.29, 1.82) is 0 Å². The molecule has 2 N–H and O–H groups in total. The fourth-order valence-corrected chi connectivity index (χ4v) is 6.17. The molecule has 292 valence electrons. The topological polar surface area (TPSA) is 197 Å². The predicted octanol–water partition coefficient (Wildman–Crippen LogP) is 5.53. The number of aromatic nitrogens is 12. The van der Waals surface area contributed by atoms with Crippen LogP contribution in [0.4, 0.5) is 0 Å². The highest BCUT2D eigenvalue weighted by molar-refractivity contribution is 5.58. The minimum Gasteiger partial charge on any atom is -0.505 e. The normalized spacial score (nSPS) is 12.1. The molecule has 0 aliphatic rings. The average Bonchev–Trinajstić information content (AvgIpc) is 3.95. The van der Waals surface area contributed by atoms with Crippen molar-refractivity contribution in [2.24, 2.45) is 0 Å². The maximum absolute atomic E-state index is 12.5. The van der Waals surface area contributed by atoms with Crippen molar-refractivity contribution in [3.8, 4) is 45.6 Å². The van der Waals surface area contributed by atoms with E-state index in [-0.39, 0.29) is 34.2 Å². The lowest BCUT2D eigenvalue weighted by atomic mass is 9.95. The van der Waals surface area contributed by atoms with Crippen LogP contribution in [-0.4, -0.2) is 69.3 Å². The molecule has 6 heterocycles. The van der Waals surface area contributed by atoms with Crippen LogP contribution in [-0.2, 0) is 13.1 Å². The van der Waals surface area contributed by atoms with Gasteiger partial charge in [-0.3, -0.25) is 19.0 Å². The van der Waals surface area contributed by atoms with Crippen LogP contribution in [0.3, 0.4) is 0 Å². The summed E-state index contributed by atoms with van der Waals surface area (Å²) in [6.45, 7) is 9.42. The summed E-state index contributed by atoms with van der Waals surface area (Å²) in [5, 5.41) is 36.4. The van der Waals surface area contributed by atoms with Gasteiger partial charge >= 0.3 is 0 Å². The lowest BCUT2D eigenvalue weighted by molar-refractivity contribution is 0.469. The van der Waals surface area contributed by atoms with E-state index in [2.05, 4.69) is 40.3 Å². The number of hydrogen-bond acceptors (Lipinski definition) is 12. The van der Waals surface area contributed by atoms with Crippen molar-refractivity contribution in [2.75, 3.05) is 0 Å². The fraction of sp³-hybridized carbons (Fsp3) is 0.190. The average molecular weight is 777 g/mol. The molecule has 6 aromatic heterocycles. The quantitative estimate of drug-likeness (QED) is 0.177. The first-order valence-corrected chi connectivity index (χ1v) is 18.6. The first kappa shape index (κ1) is 38.6. The summed E-state index contributed by atoms with van der Waals surface area (Å²) in [6, 6.07) is 18.4. The first-order valence-electron chi connectivity index (χ1n) is 18.6. The van der Waals surface area contributed by atoms with Gasteiger partial charge in [0.05, 0.1) is 49.6 Å². The third kappa shape index (κ3) is 8.60. The molecule has 0 spiro atoms. The highest BCUT2D eigenvalue weighted by atomic mass is 16.3. The Bertz CT molecular complexity index is 2580. The van der Waals surface area contributed by atoms with Gasteiger partial charge in [0.15, 0.2) is 23.1 Å².